The third kappa shape index (κ3) is 3.18. The third-order valence-electron chi connectivity index (χ3n) is 3.12. The molecule has 1 aliphatic rings. The van der Waals surface area contributed by atoms with E-state index in [2.05, 4.69) is 0 Å². The normalized spacial score (nSPS) is 25.3. The summed E-state index contributed by atoms with van der Waals surface area (Å²) in [7, 11) is 1.62. The molecule has 3 unspecified atom stereocenters. The minimum Gasteiger partial charge on any atom is -0.384 e. The second kappa shape index (κ2) is 5.47. The maximum Gasteiger partial charge on any atom is 0.227 e. The smallest absolute Gasteiger partial charge is 0.227 e. The van der Waals surface area contributed by atoms with Gasteiger partial charge in [-0.05, 0) is 19.3 Å². The first kappa shape index (κ1) is 12.5. The van der Waals surface area contributed by atoms with Gasteiger partial charge >= 0.3 is 0 Å². The molecule has 1 heterocycles. The quantitative estimate of drug-likeness (QED) is 0.740. The number of methoxy groups -OCH3 is 1. The third-order valence-corrected chi connectivity index (χ3v) is 3.12. The van der Waals surface area contributed by atoms with Gasteiger partial charge in [0.2, 0.25) is 5.91 Å². The van der Waals surface area contributed by atoms with Crippen LogP contribution in [-0.4, -0.2) is 43.7 Å². The van der Waals surface area contributed by atoms with Crippen LogP contribution in [-0.2, 0) is 9.53 Å². The first-order valence-electron chi connectivity index (χ1n) is 5.59. The van der Waals surface area contributed by atoms with Crippen molar-refractivity contribution in [3.05, 3.63) is 0 Å². The van der Waals surface area contributed by atoms with E-state index in [0.717, 1.165) is 19.5 Å². The van der Waals surface area contributed by atoms with Crippen LogP contribution in [0.25, 0.3) is 0 Å². The maximum atomic E-state index is 11.9. The topological polar surface area (TPSA) is 55.6 Å². The van der Waals surface area contributed by atoms with Gasteiger partial charge in [-0.15, -0.1) is 0 Å². The lowest BCUT2D eigenvalue weighted by atomic mass is 10.0. The average molecular weight is 214 g/mol. The summed E-state index contributed by atoms with van der Waals surface area (Å²) in [6.45, 7) is 6.07. The van der Waals surface area contributed by atoms with Crippen LogP contribution >= 0.6 is 0 Å². The van der Waals surface area contributed by atoms with Gasteiger partial charge in [0.05, 0.1) is 12.5 Å². The van der Waals surface area contributed by atoms with E-state index in [1.165, 1.54) is 0 Å². The van der Waals surface area contributed by atoms with Gasteiger partial charge in [0.1, 0.15) is 0 Å². The van der Waals surface area contributed by atoms with Crippen molar-refractivity contribution >= 4 is 5.91 Å². The molecule has 0 aromatic carbocycles. The molecule has 1 rings (SSSR count). The molecule has 3 atom stereocenters. The van der Waals surface area contributed by atoms with Gasteiger partial charge in [-0.3, -0.25) is 4.79 Å². The van der Waals surface area contributed by atoms with Crippen molar-refractivity contribution in [1.82, 2.24) is 4.90 Å². The molecule has 1 saturated heterocycles. The Kier molecular flexibility index (Phi) is 4.54. The molecule has 2 N–H and O–H groups in total. The highest BCUT2D eigenvalue weighted by molar-refractivity contribution is 5.78. The molecule has 88 valence electrons. The van der Waals surface area contributed by atoms with Crippen molar-refractivity contribution in [1.29, 1.82) is 0 Å². The lowest BCUT2D eigenvalue weighted by Crippen LogP contribution is -2.37. The van der Waals surface area contributed by atoms with E-state index in [1.54, 1.807) is 7.11 Å². The summed E-state index contributed by atoms with van der Waals surface area (Å²) in [5, 5.41) is 0. The van der Waals surface area contributed by atoms with Gasteiger partial charge in [-0.25, -0.2) is 0 Å². The van der Waals surface area contributed by atoms with Crippen LogP contribution in [0.4, 0.5) is 0 Å². The average Bonchev–Trinajstić information content (AvgIpc) is 2.65. The van der Waals surface area contributed by atoms with Crippen molar-refractivity contribution < 1.29 is 9.53 Å². The molecule has 1 amide bonds. The minimum absolute atomic E-state index is 0.0400. The summed E-state index contributed by atoms with van der Waals surface area (Å²) in [4.78, 5) is 13.8. The molecule has 0 spiro atoms. The Morgan fingerprint density at radius 2 is 2.27 bits per heavy atom. The second-order valence-electron chi connectivity index (χ2n) is 4.55. The Morgan fingerprint density at radius 1 is 1.60 bits per heavy atom. The SMILES string of the molecule is COCC(C)C(=O)N1CCC(C(C)N)C1. The maximum absolute atomic E-state index is 11.9. The van der Waals surface area contributed by atoms with Crippen LogP contribution in [0.2, 0.25) is 0 Å². The lowest BCUT2D eigenvalue weighted by molar-refractivity contribution is -0.135. The number of amides is 1. The van der Waals surface area contributed by atoms with Gasteiger partial charge < -0.3 is 15.4 Å². The molecule has 0 aliphatic carbocycles. The first-order chi connectivity index (χ1) is 7.06. The zero-order valence-electron chi connectivity index (χ0n) is 9.90. The number of hydrogen-bond donors (Lipinski definition) is 1. The Hall–Kier alpha value is -0.610. The van der Waals surface area contributed by atoms with Crippen molar-refractivity contribution in [3.63, 3.8) is 0 Å². The Balaban J connectivity index is 2.42. The predicted molar refractivity (Wildman–Crippen MR) is 59.4 cm³/mol. The van der Waals surface area contributed by atoms with E-state index >= 15 is 0 Å². The fourth-order valence-electron chi connectivity index (χ4n) is 2.05. The molecule has 0 radical (unpaired) electrons. The number of nitrogens with two attached hydrogens (primary N) is 1. The highest BCUT2D eigenvalue weighted by Gasteiger charge is 2.30. The van der Waals surface area contributed by atoms with Gasteiger partial charge in [0.25, 0.3) is 0 Å². The van der Waals surface area contributed by atoms with E-state index in [1.807, 2.05) is 18.7 Å². The van der Waals surface area contributed by atoms with Gasteiger partial charge in [0.15, 0.2) is 0 Å². The fourth-order valence-corrected chi connectivity index (χ4v) is 2.05. The van der Waals surface area contributed by atoms with E-state index in [-0.39, 0.29) is 17.9 Å². The van der Waals surface area contributed by atoms with Crippen LogP contribution in [0.15, 0.2) is 0 Å². The predicted octanol–water partition coefficient (Wildman–Crippen LogP) is 0.465. The Bertz CT molecular complexity index is 219. The van der Waals surface area contributed by atoms with Crippen molar-refractivity contribution in [3.8, 4) is 0 Å². The van der Waals surface area contributed by atoms with Crippen LogP contribution in [0.3, 0.4) is 0 Å². The van der Waals surface area contributed by atoms with E-state index in [9.17, 15) is 4.79 Å². The number of likely N-dealkylation sites (tertiary alicyclic amines) is 1. The molecule has 4 heteroatoms. The van der Waals surface area contributed by atoms with Crippen LogP contribution in [0, 0.1) is 11.8 Å². The van der Waals surface area contributed by atoms with Gasteiger partial charge in [0, 0.05) is 26.2 Å². The molecule has 4 nitrogen and oxygen atoms in total. The molecule has 1 fully saturated rings. The zero-order valence-corrected chi connectivity index (χ0v) is 9.90. The molecular weight excluding hydrogens is 192 g/mol. The van der Waals surface area contributed by atoms with Gasteiger partial charge in [-0.2, -0.15) is 0 Å². The number of nitrogens with zero attached hydrogens (tertiary/aromatic N) is 1. The Labute approximate surface area is 91.8 Å². The second-order valence-corrected chi connectivity index (χ2v) is 4.55. The van der Waals surface area contributed by atoms with Crippen molar-refractivity contribution in [2.24, 2.45) is 17.6 Å². The molecule has 0 saturated carbocycles. The molecule has 0 aromatic heterocycles. The number of ether oxygens (including phenoxy) is 1. The number of carbonyl (C=O) groups excluding carboxylic acids is 1. The molecule has 0 bridgehead atoms. The summed E-state index contributed by atoms with van der Waals surface area (Å²) in [6.07, 6.45) is 1.03. The highest BCUT2D eigenvalue weighted by atomic mass is 16.5. The van der Waals surface area contributed by atoms with Crippen LogP contribution in [0.1, 0.15) is 20.3 Å². The van der Waals surface area contributed by atoms with Crippen LogP contribution in [0.5, 0.6) is 0 Å². The lowest BCUT2D eigenvalue weighted by Gasteiger charge is -2.21. The van der Waals surface area contributed by atoms with E-state index in [4.69, 9.17) is 10.5 Å². The van der Waals surface area contributed by atoms with E-state index < -0.39 is 0 Å². The largest absolute Gasteiger partial charge is 0.384 e. The van der Waals surface area contributed by atoms with Gasteiger partial charge in [-0.1, -0.05) is 6.92 Å². The Morgan fingerprint density at radius 3 is 2.73 bits per heavy atom. The first-order valence-corrected chi connectivity index (χ1v) is 5.59. The monoisotopic (exact) mass is 214 g/mol. The number of hydrogen-bond acceptors (Lipinski definition) is 3. The molecular formula is C11H22N2O2. The fraction of sp³-hybridized carbons (Fsp3) is 0.909. The summed E-state index contributed by atoms with van der Waals surface area (Å²) in [6, 6.07) is 0.181. The summed E-state index contributed by atoms with van der Waals surface area (Å²) < 4.78 is 4.99. The van der Waals surface area contributed by atoms with Crippen LogP contribution < -0.4 is 5.73 Å². The zero-order chi connectivity index (χ0) is 11.4. The summed E-state index contributed by atoms with van der Waals surface area (Å²) in [5.74, 6) is 0.616. The molecule has 1 aliphatic heterocycles. The standard InChI is InChI=1S/C11H22N2O2/c1-8(7-15-3)11(14)13-5-4-10(6-13)9(2)12/h8-10H,4-7,12H2,1-3H3. The molecule has 15 heavy (non-hydrogen) atoms. The molecule has 0 aromatic rings. The van der Waals surface area contributed by atoms with Crippen molar-refractivity contribution in [2.45, 2.75) is 26.3 Å². The number of carbonyl (C=O) groups is 1. The summed E-state index contributed by atoms with van der Waals surface area (Å²) >= 11 is 0. The number of rotatable bonds is 4. The van der Waals surface area contributed by atoms with Crippen molar-refractivity contribution in [2.75, 3.05) is 26.8 Å². The van der Waals surface area contributed by atoms with E-state index in [0.29, 0.717) is 12.5 Å². The highest BCUT2D eigenvalue weighted by Crippen LogP contribution is 2.20. The summed E-state index contributed by atoms with van der Waals surface area (Å²) in [5.41, 5.74) is 5.83. The minimum atomic E-state index is -0.0400.